The van der Waals surface area contributed by atoms with E-state index in [-0.39, 0.29) is 0 Å². The number of rotatable bonds is 5. The lowest BCUT2D eigenvalue weighted by Gasteiger charge is -2.12. The average molecular weight is 460 g/mol. The number of hydrogen-bond donors (Lipinski definition) is 0. The summed E-state index contributed by atoms with van der Waals surface area (Å²) in [5.41, 5.74) is 2.72. The summed E-state index contributed by atoms with van der Waals surface area (Å²) in [7, 11) is 0. The maximum absolute atomic E-state index is 13.0. The molecule has 1 heterocycles. The van der Waals surface area contributed by atoms with Crippen LogP contribution in [0.1, 0.15) is 16.7 Å². The van der Waals surface area contributed by atoms with Crippen molar-refractivity contribution in [2.45, 2.75) is 24.0 Å². The SMILES string of the molecule is Cc1ccc(-n2c(SCc3cccc(C(F)(F)F)c3)nnc2-c2ccc(Cl)cc2)cc1. The minimum absolute atomic E-state index is 0.328. The van der Waals surface area contributed by atoms with Crippen molar-refractivity contribution in [2.75, 3.05) is 0 Å². The Morgan fingerprint density at radius 2 is 1.65 bits per heavy atom. The molecule has 0 aliphatic rings. The normalized spacial score (nSPS) is 11.6. The van der Waals surface area contributed by atoms with Crippen molar-refractivity contribution in [3.05, 3.63) is 94.5 Å². The van der Waals surface area contributed by atoms with Gasteiger partial charge in [0.05, 0.1) is 5.56 Å². The topological polar surface area (TPSA) is 30.7 Å². The average Bonchev–Trinajstić information content (AvgIpc) is 3.17. The lowest BCUT2D eigenvalue weighted by atomic mass is 10.1. The Kier molecular flexibility index (Phi) is 6.07. The second-order valence-electron chi connectivity index (χ2n) is 6.97. The fraction of sp³-hybridized carbons (Fsp3) is 0.130. The Labute approximate surface area is 186 Å². The van der Waals surface area contributed by atoms with E-state index in [9.17, 15) is 13.2 Å². The van der Waals surface area contributed by atoms with E-state index < -0.39 is 11.7 Å². The Bertz CT molecular complexity index is 1190. The highest BCUT2D eigenvalue weighted by molar-refractivity contribution is 7.98. The number of hydrogen-bond acceptors (Lipinski definition) is 3. The van der Waals surface area contributed by atoms with Gasteiger partial charge in [0, 0.05) is 22.0 Å². The fourth-order valence-electron chi connectivity index (χ4n) is 3.06. The predicted octanol–water partition coefficient (Wildman–Crippen LogP) is 7.21. The van der Waals surface area contributed by atoms with E-state index in [0.29, 0.717) is 27.3 Å². The molecule has 0 N–H and O–H groups in total. The first kappa shape index (κ1) is 21.5. The van der Waals surface area contributed by atoms with E-state index in [4.69, 9.17) is 11.6 Å². The van der Waals surface area contributed by atoms with Gasteiger partial charge in [0.1, 0.15) is 0 Å². The second-order valence-corrected chi connectivity index (χ2v) is 8.35. The van der Waals surface area contributed by atoms with E-state index in [0.717, 1.165) is 22.9 Å². The molecule has 0 spiro atoms. The summed E-state index contributed by atoms with van der Waals surface area (Å²) in [5.74, 6) is 0.959. The molecule has 0 radical (unpaired) electrons. The van der Waals surface area contributed by atoms with Crippen LogP contribution in [0.4, 0.5) is 13.2 Å². The molecule has 158 valence electrons. The molecule has 0 aliphatic heterocycles. The molecule has 0 saturated heterocycles. The van der Waals surface area contributed by atoms with Crippen LogP contribution in [-0.2, 0) is 11.9 Å². The summed E-state index contributed by atoms with van der Waals surface area (Å²) >= 11 is 7.35. The van der Waals surface area contributed by atoms with Gasteiger partial charge < -0.3 is 0 Å². The van der Waals surface area contributed by atoms with Crippen LogP contribution in [0.3, 0.4) is 0 Å². The maximum atomic E-state index is 13.0. The molecule has 31 heavy (non-hydrogen) atoms. The van der Waals surface area contributed by atoms with Crippen LogP contribution in [0.2, 0.25) is 5.02 Å². The van der Waals surface area contributed by atoms with Crippen LogP contribution in [0, 0.1) is 6.92 Å². The van der Waals surface area contributed by atoms with Crippen LogP contribution in [-0.4, -0.2) is 14.8 Å². The van der Waals surface area contributed by atoms with Crippen LogP contribution in [0.15, 0.2) is 78.0 Å². The van der Waals surface area contributed by atoms with Gasteiger partial charge in [-0.05, 0) is 55.0 Å². The largest absolute Gasteiger partial charge is 0.416 e. The Morgan fingerprint density at radius 3 is 2.32 bits per heavy atom. The highest BCUT2D eigenvalue weighted by Gasteiger charge is 2.30. The number of benzene rings is 3. The van der Waals surface area contributed by atoms with E-state index in [2.05, 4.69) is 10.2 Å². The second kappa shape index (κ2) is 8.77. The maximum Gasteiger partial charge on any atom is 0.416 e. The van der Waals surface area contributed by atoms with Crippen molar-refractivity contribution in [3.8, 4) is 17.1 Å². The zero-order valence-electron chi connectivity index (χ0n) is 16.4. The highest BCUT2D eigenvalue weighted by atomic mass is 35.5. The van der Waals surface area contributed by atoms with Gasteiger partial charge in [-0.15, -0.1) is 10.2 Å². The molecule has 0 aliphatic carbocycles. The van der Waals surface area contributed by atoms with E-state index in [1.807, 2.05) is 47.9 Å². The molecular formula is C23H17ClF3N3S. The summed E-state index contributed by atoms with van der Waals surface area (Å²) in [6.45, 7) is 2.00. The summed E-state index contributed by atoms with van der Waals surface area (Å²) in [6.07, 6.45) is -4.37. The van der Waals surface area contributed by atoms with Gasteiger partial charge in [0.2, 0.25) is 0 Å². The van der Waals surface area contributed by atoms with Gasteiger partial charge >= 0.3 is 6.18 Å². The molecule has 0 bridgehead atoms. The van der Waals surface area contributed by atoms with Crippen LogP contribution in [0.5, 0.6) is 0 Å². The molecule has 3 aromatic carbocycles. The summed E-state index contributed by atoms with van der Waals surface area (Å²) in [5, 5.41) is 9.88. The number of aryl methyl sites for hydroxylation is 1. The van der Waals surface area contributed by atoms with Gasteiger partial charge in [0.25, 0.3) is 0 Å². The zero-order chi connectivity index (χ0) is 22.0. The molecular weight excluding hydrogens is 443 g/mol. The van der Waals surface area contributed by atoms with Crippen molar-refractivity contribution < 1.29 is 13.2 Å². The van der Waals surface area contributed by atoms with Gasteiger partial charge in [-0.2, -0.15) is 13.2 Å². The highest BCUT2D eigenvalue weighted by Crippen LogP contribution is 2.33. The van der Waals surface area contributed by atoms with Gasteiger partial charge in [-0.3, -0.25) is 4.57 Å². The first-order valence-electron chi connectivity index (χ1n) is 9.38. The molecule has 3 nitrogen and oxygen atoms in total. The van der Waals surface area contributed by atoms with Gasteiger partial charge in [0.15, 0.2) is 11.0 Å². The molecule has 0 atom stereocenters. The first-order valence-corrected chi connectivity index (χ1v) is 10.7. The third kappa shape index (κ3) is 4.94. The van der Waals surface area contributed by atoms with Crippen molar-refractivity contribution in [1.29, 1.82) is 0 Å². The lowest BCUT2D eigenvalue weighted by molar-refractivity contribution is -0.137. The first-order chi connectivity index (χ1) is 14.8. The number of thioether (sulfide) groups is 1. The predicted molar refractivity (Wildman–Crippen MR) is 118 cm³/mol. The molecule has 0 amide bonds. The van der Waals surface area contributed by atoms with Gasteiger partial charge in [-0.1, -0.05) is 59.3 Å². The minimum atomic E-state index is -4.37. The Hall–Kier alpha value is -2.77. The number of nitrogens with zero attached hydrogens (tertiary/aromatic N) is 3. The molecule has 8 heteroatoms. The van der Waals surface area contributed by atoms with Crippen molar-refractivity contribution in [2.24, 2.45) is 0 Å². The zero-order valence-corrected chi connectivity index (χ0v) is 18.0. The van der Waals surface area contributed by atoms with E-state index in [1.165, 1.54) is 23.9 Å². The van der Waals surface area contributed by atoms with Crippen molar-refractivity contribution >= 4 is 23.4 Å². The summed E-state index contributed by atoms with van der Waals surface area (Å²) in [6, 6.07) is 20.5. The number of aromatic nitrogens is 3. The summed E-state index contributed by atoms with van der Waals surface area (Å²) < 4.78 is 41.0. The van der Waals surface area contributed by atoms with E-state index in [1.54, 1.807) is 18.2 Å². The Balaban J connectivity index is 1.69. The molecule has 4 aromatic rings. The molecule has 0 saturated carbocycles. The molecule has 0 fully saturated rings. The lowest BCUT2D eigenvalue weighted by Crippen LogP contribution is -2.05. The molecule has 0 unspecified atom stereocenters. The van der Waals surface area contributed by atoms with Crippen molar-refractivity contribution in [1.82, 2.24) is 14.8 Å². The monoisotopic (exact) mass is 459 g/mol. The summed E-state index contributed by atoms with van der Waals surface area (Å²) in [4.78, 5) is 0. The number of alkyl halides is 3. The van der Waals surface area contributed by atoms with Crippen LogP contribution >= 0.6 is 23.4 Å². The quantitative estimate of drug-likeness (QED) is 0.295. The smallest absolute Gasteiger partial charge is 0.270 e. The number of halogens is 4. The molecule has 4 rings (SSSR count). The third-order valence-electron chi connectivity index (χ3n) is 4.65. The van der Waals surface area contributed by atoms with Crippen molar-refractivity contribution in [3.63, 3.8) is 0 Å². The van der Waals surface area contributed by atoms with Crippen LogP contribution < -0.4 is 0 Å². The van der Waals surface area contributed by atoms with E-state index >= 15 is 0 Å². The van der Waals surface area contributed by atoms with Crippen LogP contribution in [0.25, 0.3) is 17.1 Å². The van der Waals surface area contributed by atoms with Gasteiger partial charge in [-0.25, -0.2) is 0 Å². The minimum Gasteiger partial charge on any atom is -0.270 e. The Morgan fingerprint density at radius 1 is 0.935 bits per heavy atom. The third-order valence-corrected chi connectivity index (χ3v) is 5.90. The fourth-order valence-corrected chi connectivity index (χ4v) is 4.08. The molecule has 1 aromatic heterocycles. The standard InChI is InChI=1S/C23H17ClF3N3S/c1-15-5-11-20(12-6-15)30-21(17-7-9-19(24)10-8-17)28-29-22(30)31-14-16-3-2-4-18(13-16)23(25,26)27/h2-13H,14H2,1H3.